The van der Waals surface area contributed by atoms with E-state index in [0.29, 0.717) is 19.6 Å². The van der Waals surface area contributed by atoms with Gasteiger partial charge in [0.25, 0.3) is 0 Å². The van der Waals surface area contributed by atoms with Crippen molar-refractivity contribution in [3.8, 4) is 11.1 Å². The molecule has 2 aromatic rings. The first kappa shape index (κ1) is 14.6. The lowest BCUT2D eigenvalue weighted by Gasteiger charge is -2.14. The van der Waals surface area contributed by atoms with Gasteiger partial charge in [0, 0.05) is 19.1 Å². The fourth-order valence-electron chi connectivity index (χ4n) is 2.92. The quantitative estimate of drug-likeness (QED) is 0.834. The summed E-state index contributed by atoms with van der Waals surface area (Å²) in [5.41, 5.74) is 4.83. The summed E-state index contributed by atoms with van der Waals surface area (Å²) < 4.78 is 5.35. The van der Waals surface area contributed by atoms with Crippen LogP contribution in [0.15, 0.2) is 48.5 Å². The predicted octanol–water partition coefficient (Wildman–Crippen LogP) is 2.91. The van der Waals surface area contributed by atoms with Gasteiger partial charge in [0.1, 0.15) is 6.61 Å². The van der Waals surface area contributed by atoms with Crippen LogP contribution in [0.2, 0.25) is 0 Å². The van der Waals surface area contributed by atoms with Crippen molar-refractivity contribution in [3.63, 3.8) is 0 Å². The van der Waals surface area contributed by atoms with Crippen LogP contribution >= 0.6 is 0 Å². The van der Waals surface area contributed by atoms with Gasteiger partial charge in [-0.25, -0.2) is 4.79 Å². The number of aliphatic hydroxyl groups excluding tert-OH is 1. The monoisotopic (exact) mass is 297 g/mol. The number of nitrogens with one attached hydrogen (secondary N) is 1. The van der Waals surface area contributed by atoms with Crippen LogP contribution in [0.25, 0.3) is 11.1 Å². The molecule has 4 nitrogen and oxygen atoms in total. The molecule has 2 N–H and O–H groups in total. The maximum absolute atomic E-state index is 11.7. The van der Waals surface area contributed by atoms with Crippen LogP contribution in [0, 0.1) is 0 Å². The van der Waals surface area contributed by atoms with E-state index < -0.39 is 6.09 Å². The van der Waals surface area contributed by atoms with E-state index in [0.717, 1.165) is 0 Å². The number of carbonyl (C=O) groups is 1. The van der Waals surface area contributed by atoms with Crippen molar-refractivity contribution in [2.24, 2.45) is 0 Å². The van der Waals surface area contributed by atoms with Crippen LogP contribution < -0.4 is 5.32 Å². The lowest BCUT2D eigenvalue weighted by atomic mass is 9.98. The van der Waals surface area contributed by atoms with Crippen molar-refractivity contribution < 1.29 is 14.6 Å². The normalized spacial score (nSPS) is 12.6. The number of fused-ring (bicyclic) bond motifs is 3. The third-order valence-electron chi connectivity index (χ3n) is 3.95. The fourth-order valence-corrected chi connectivity index (χ4v) is 2.92. The molecule has 0 saturated heterocycles. The van der Waals surface area contributed by atoms with Crippen LogP contribution in [0.5, 0.6) is 0 Å². The van der Waals surface area contributed by atoms with Gasteiger partial charge in [-0.2, -0.15) is 0 Å². The lowest BCUT2D eigenvalue weighted by Crippen LogP contribution is -2.27. The summed E-state index contributed by atoms with van der Waals surface area (Å²) in [4.78, 5) is 11.7. The van der Waals surface area contributed by atoms with E-state index >= 15 is 0 Å². The minimum atomic E-state index is -0.435. The van der Waals surface area contributed by atoms with Crippen molar-refractivity contribution in [1.82, 2.24) is 5.32 Å². The minimum Gasteiger partial charge on any atom is -0.449 e. The van der Waals surface area contributed by atoms with Crippen LogP contribution in [-0.4, -0.2) is 31.0 Å². The highest BCUT2D eigenvalue weighted by Crippen LogP contribution is 2.44. The third kappa shape index (κ3) is 2.83. The average molecular weight is 297 g/mol. The Labute approximate surface area is 129 Å². The number of amides is 1. The summed E-state index contributed by atoms with van der Waals surface area (Å²) in [5.74, 6) is 0.0796. The summed E-state index contributed by atoms with van der Waals surface area (Å²) in [5, 5.41) is 11.3. The molecular weight excluding hydrogens is 278 g/mol. The number of ether oxygens (including phenoxy) is 1. The van der Waals surface area contributed by atoms with Crippen molar-refractivity contribution in [2.45, 2.75) is 12.3 Å². The smallest absolute Gasteiger partial charge is 0.407 e. The van der Waals surface area contributed by atoms with Gasteiger partial charge in [-0.15, -0.1) is 0 Å². The van der Waals surface area contributed by atoms with E-state index in [9.17, 15) is 4.79 Å². The Morgan fingerprint density at radius 2 is 1.64 bits per heavy atom. The number of hydrogen-bond donors (Lipinski definition) is 2. The number of benzene rings is 2. The van der Waals surface area contributed by atoms with E-state index in [1.165, 1.54) is 22.3 Å². The van der Waals surface area contributed by atoms with Crippen molar-refractivity contribution >= 4 is 6.09 Å². The molecule has 4 heteroatoms. The predicted molar refractivity (Wildman–Crippen MR) is 84.8 cm³/mol. The maximum atomic E-state index is 11.7. The standard InChI is InChI=1S/C18H19NO3/c20-11-5-10-19-18(21)22-12-17-15-8-3-1-6-13(15)14-7-2-4-9-16(14)17/h1-4,6-9,17,20H,5,10-12H2,(H,19,21). The van der Waals surface area contributed by atoms with Gasteiger partial charge in [-0.1, -0.05) is 48.5 Å². The molecule has 0 saturated carbocycles. The third-order valence-corrected chi connectivity index (χ3v) is 3.95. The van der Waals surface area contributed by atoms with Gasteiger partial charge in [0.05, 0.1) is 0 Å². The second-order valence-electron chi connectivity index (χ2n) is 5.33. The van der Waals surface area contributed by atoms with Gasteiger partial charge in [-0.3, -0.25) is 0 Å². The molecule has 0 aliphatic heterocycles. The average Bonchev–Trinajstić information content (AvgIpc) is 2.87. The molecule has 3 rings (SSSR count). The minimum absolute atomic E-state index is 0.0592. The Bertz CT molecular complexity index is 623. The molecule has 1 amide bonds. The summed E-state index contributed by atoms with van der Waals surface area (Å²) in [7, 11) is 0. The van der Waals surface area contributed by atoms with Gasteiger partial charge in [0.15, 0.2) is 0 Å². The highest BCUT2D eigenvalue weighted by molar-refractivity contribution is 5.79. The summed E-state index contributed by atoms with van der Waals surface area (Å²) in [6.45, 7) is 0.801. The lowest BCUT2D eigenvalue weighted by molar-refractivity contribution is 0.142. The number of hydrogen-bond acceptors (Lipinski definition) is 3. The number of aliphatic hydroxyl groups is 1. The largest absolute Gasteiger partial charge is 0.449 e. The molecular formula is C18H19NO3. The van der Waals surface area contributed by atoms with Gasteiger partial charge in [-0.05, 0) is 28.7 Å². The first-order chi connectivity index (χ1) is 10.8. The van der Waals surface area contributed by atoms with Crippen molar-refractivity contribution in [2.75, 3.05) is 19.8 Å². The Kier molecular flexibility index (Phi) is 4.39. The number of alkyl carbamates (subject to hydrolysis) is 1. The second kappa shape index (κ2) is 6.62. The van der Waals surface area contributed by atoms with E-state index in [1.54, 1.807) is 0 Å². The molecule has 2 aromatic carbocycles. The van der Waals surface area contributed by atoms with E-state index in [2.05, 4.69) is 29.6 Å². The summed E-state index contributed by atoms with van der Waals surface area (Å²) in [6.07, 6.45) is 0.0970. The zero-order valence-electron chi connectivity index (χ0n) is 12.3. The molecule has 0 heterocycles. The highest BCUT2D eigenvalue weighted by Gasteiger charge is 2.28. The molecule has 1 aliphatic rings. The Morgan fingerprint density at radius 3 is 2.23 bits per heavy atom. The van der Waals surface area contributed by atoms with Crippen molar-refractivity contribution in [3.05, 3.63) is 59.7 Å². The van der Waals surface area contributed by atoms with Gasteiger partial charge < -0.3 is 15.2 Å². The van der Waals surface area contributed by atoms with Crippen LogP contribution in [0.1, 0.15) is 23.5 Å². The topological polar surface area (TPSA) is 58.6 Å². The first-order valence-electron chi connectivity index (χ1n) is 7.51. The number of rotatable bonds is 5. The van der Waals surface area contributed by atoms with E-state index in [4.69, 9.17) is 9.84 Å². The second-order valence-corrected chi connectivity index (χ2v) is 5.33. The molecule has 114 valence electrons. The fraction of sp³-hybridized carbons (Fsp3) is 0.278. The van der Waals surface area contributed by atoms with Crippen LogP contribution in [0.4, 0.5) is 4.79 Å². The Morgan fingerprint density at radius 1 is 1.05 bits per heavy atom. The molecule has 0 fully saturated rings. The zero-order chi connectivity index (χ0) is 15.4. The highest BCUT2D eigenvalue weighted by atomic mass is 16.5. The molecule has 1 aliphatic carbocycles. The first-order valence-corrected chi connectivity index (χ1v) is 7.51. The zero-order valence-corrected chi connectivity index (χ0v) is 12.3. The van der Waals surface area contributed by atoms with Crippen LogP contribution in [0.3, 0.4) is 0 Å². The van der Waals surface area contributed by atoms with E-state index in [1.807, 2.05) is 24.3 Å². The Balaban J connectivity index is 1.73. The molecule has 0 atom stereocenters. The van der Waals surface area contributed by atoms with Crippen LogP contribution in [-0.2, 0) is 4.74 Å². The van der Waals surface area contributed by atoms with Crippen molar-refractivity contribution in [1.29, 1.82) is 0 Å². The molecule has 22 heavy (non-hydrogen) atoms. The SMILES string of the molecule is O=C(NCCCO)OCC1c2ccccc2-c2ccccc21. The molecule has 0 unspecified atom stereocenters. The van der Waals surface area contributed by atoms with Gasteiger partial charge >= 0.3 is 6.09 Å². The van der Waals surface area contributed by atoms with E-state index in [-0.39, 0.29) is 12.5 Å². The Hall–Kier alpha value is -2.33. The number of carbonyl (C=O) groups excluding carboxylic acids is 1. The maximum Gasteiger partial charge on any atom is 0.407 e. The molecule has 0 aromatic heterocycles. The molecule has 0 spiro atoms. The van der Waals surface area contributed by atoms with Gasteiger partial charge in [0.2, 0.25) is 0 Å². The summed E-state index contributed by atoms with van der Waals surface area (Å²) >= 11 is 0. The molecule has 0 bridgehead atoms. The molecule has 0 radical (unpaired) electrons. The summed E-state index contributed by atoms with van der Waals surface area (Å²) in [6, 6.07) is 16.5.